The first-order valence-electron chi connectivity index (χ1n) is 41.7. The summed E-state index contributed by atoms with van der Waals surface area (Å²) in [5, 5.41) is 45.7. The summed E-state index contributed by atoms with van der Waals surface area (Å²) in [6, 6.07) is 64.6. The summed E-state index contributed by atoms with van der Waals surface area (Å²) in [5.74, 6) is 1.97. The molecule has 114 heavy (non-hydrogen) atoms. The maximum absolute atomic E-state index is 12.7. The van der Waals surface area contributed by atoms with Gasteiger partial charge in [-0.3, -0.25) is 30.4 Å². The van der Waals surface area contributed by atoms with Gasteiger partial charge in [0.2, 0.25) is 11.8 Å². The Hall–Kier alpha value is -10.2. The maximum atomic E-state index is 12.7. The molecule has 15 rings (SSSR count). The predicted molar refractivity (Wildman–Crippen MR) is 477 cm³/mol. The van der Waals surface area contributed by atoms with Crippen LogP contribution < -0.4 is 42.0 Å². The lowest BCUT2D eigenvalue weighted by Crippen LogP contribution is -2.68. The number of nitrogens with one attached hydrogen (secondary N) is 6. The van der Waals surface area contributed by atoms with Crippen molar-refractivity contribution < 1.29 is 28.2 Å². The molecule has 6 aliphatic heterocycles. The van der Waals surface area contributed by atoms with E-state index >= 15 is 0 Å². The van der Waals surface area contributed by atoms with E-state index in [9.17, 15) is 10.2 Å². The van der Waals surface area contributed by atoms with Gasteiger partial charge in [0.25, 0.3) is 16.6 Å². The second-order valence-electron chi connectivity index (χ2n) is 33.9. The number of rotatable bonds is 22. The number of aliphatic imine (C=N–C) groups is 2. The highest BCUT2D eigenvalue weighted by atomic mass is 28.4. The average molecular weight is 1560 g/mol. The number of benzene rings is 6. The van der Waals surface area contributed by atoms with Crippen molar-refractivity contribution in [2.24, 2.45) is 9.98 Å². The topological polar surface area (TPSA) is 195 Å². The highest BCUT2D eigenvalue weighted by molar-refractivity contribution is 7.00. The van der Waals surface area contributed by atoms with Crippen LogP contribution in [0.1, 0.15) is 178 Å². The van der Waals surface area contributed by atoms with E-state index in [0.29, 0.717) is 37.4 Å². The van der Waals surface area contributed by atoms with Crippen LogP contribution >= 0.6 is 0 Å². The smallest absolute Gasteiger partial charge is 0.346 e. The fourth-order valence-corrected chi connectivity index (χ4v) is 28.3. The fourth-order valence-electron chi connectivity index (χ4n) is 19.1. The summed E-state index contributed by atoms with van der Waals surface area (Å²) in [6.45, 7) is 37.2. The minimum atomic E-state index is -2.75. The van der Waals surface area contributed by atoms with E-state index in [0.717, 1.165) is 190 Å². The number of guanidine groups is 2. The molecule has 3 aromatic heterocycles. The average Bonchev–Trinajstić information content (AvgIpc) is 1.33. The standard InChI is InChI=1S/C96H114N12O4Si2/c1-15-73-61(5)87-85(77-43-31-33-45-79(77)91(109)97-57-65-47-51-107-53-49-67(101-93(107)99-65)59-111-113(95(9,10)11,69-35-23-19-24-36-69)70-37-25-20-26-38-70)88-63(7)75(17-3)83(105-88)56-84-76(18-4)64(8)90(106-84)86(89-62(6)74(16-2)82(104-89)55-81(73)103-87)78-44-32-34-46-80(78)92(110)98-58-66-48-52-108-54-50-68(102-94(108)100-66)60-112-114(96(12,13)14,71-39-27-21-28-40-71)72-41-29-22-30-42-72/h19-46,55-56,65-68H,15-18,47-54,57-60H2,1-14H3,(H6,97,98,99,100,101,102,103,104,105,106,109,110)/p+2/t65-,66-,67-,68-/m0/s1. The minimum absolute atomic E-state index is 0.0186. The van der Waals surface area contributed by atoms with Crippen molar-refractivity contribution in [3.05, 3.63) is 238 Å². The zero-order chi connectivity index (χ0) is 79.8. The number of aromatic amines is 2. The first-order chi connectivity index (χ1) is 55.1. The molecule has 6 aliphatic rings. The zero-order valence-electron chi connectivity index (χ0n) is 69.3. The lowest BCUT2D eigenvalue weighted by molar-refractivity contribution is -0.542. The molecule has 0 spiro atoms. The summed E-state index contributed by atoms with van der Waals surface area (Å²) >= 11 is 0. The Kier molecular flexibility index (Phi) is 22.8. The molecule has 0 radical (unpaired) electrons. The van der Waals surface area contributed by atoms with Crippen molar-refractivity contribution in [1.29, 1.82) is 0 Å². The van der Waals surface area contributed by atoms with Crippen LogP contribution in [0.3, 0.4) is 0 Å². The number of fused-ring (bicyclic) bond motifs is 8. The number of nitrogens with zero attached hydrogens (tertiary/aromatic N) is 6. The summed E-state index contributed by atoms with van der Waals surface area (Å²) < 4.78 is 19.8. The van der Waals surface area contributed by atoms with Crippen LogP contribution in [0.4, 0.5) is 0 Å². The molecular weight excluding hydrogens is 1440 g/mol. The molecule has 9 aromatic rings. The lowest BCUT2D eigenvalue weighted by atomic mass is 9.92. The van der Waals surface area contributed by atoms with E-state index in [1.54, 1.807) is 0 Å². The van der Waals surface area contributed by atoms with Crippen molar-refractivity contribution in [1.82, 2.24) is 41.2 Å². The molecular formula is C96H116N12O4Si2+2. The molecule has 0 unspecified atom stereocenters. The van der Waals surface area contributed by atoms with Gasteiger partial charge < -0.3 is 29.0 Å². The van der Waals surface area contributed by atoms with Crippen molar-refractivity contribution in [2.75, 3.05) is 52.5 Å². The van der Waals surface area contributed by atoms with Gasteiger partial charge in [-0.1, -0.05) is 227 Å². The van der Waals surface area contributed by atoms with Crippen LogP contribution in [0, 0.1) is 13.8 Å². The number of aliphatic hydroxyl groups is 2. The van der Waals surface area contributed by atoms with Crippen molar-refractivity contribution in [3.8, 4) is 22.3 Å². The quantitative estimate of drug-likeness (QED) is 0.0140. The molecule has 4 atom stereocenters. The summed E-state index contributed by atoms with van der Waals surface area (Å²) in [7, 11) is -5.51. The zero-order valence-corrected chi connectivity index (χ0v) is 71.3. The van der Waals surface area contributed by atoms with Gasteiger partial charge >= 0.3 is 11.9 Å². The Morgan fingerprint density at radius 2 is 0.754 bits per heavy atom. The van der Waals surface area contributed by atoms with Crippen LogP contribution in [0.2, 0.25) is 10.1 Å². The van der Waals surface area contributed by atoms with E-state index in [4.69, 9.17) is 28.8 Å². The molecule has 0 saturated carbocycles. The SMILES string of the molecule is CCC1=C(C)c2nc1cc1[nH]c(c(C)c1CC)c(-c1ccccc1C(O)=NC[C@@H]1CC[N+]3=C(N1)N[C@H](CO[Si](c1ccccc1)(c1ccccc1)C(C)(C)C)CC3)c1nc(cc3[nH]c(c(C)c3CC)c2-c2ccccc2C(O)=NC[C@@H]2CC[N+]3=C(N2)N[C@H](CO[Si](c2ccccc2)(c2ccccc2)C(C)(C)C)CC3)C(CC)=C1C. The van der Waals surface area contributed by atoms with Crippen LogP contribution in [0.25, 0.3) is 66.6 Å². The second-order valence-corrected chi connectivity index (χ2v) is 42.6. The summed E-state index contributed by atoms with van der Waals surface area (Å²) in [6.07, 6.45) is 6.64. The van der Waals surface area contributed by atoms with Gasteiger partial charge in [0.05, 0.1) is 110 Å². The number of aryl methyl sites for hydroxylation is 4. The molecule has 18 heteroatoms. The number of H-pyrrole nitrogens is 2. The van der Waals surface area contributed by atoms with Crippen LogP contribution in [-0.4, -0.2) is 156 Å². The van der Waals surface area contributed by atoms with Gasteiger partial charge in [0.1, 0.15) is 0 Å². The van der Waals surface area contributed by atoms with E-state index < -0.39 is 16.6 Å². The van der Waals surface area contributed by atoms with Gasteiger partial charge in [-0.2, -0.15) is 0 Å². The number of hydrogen-bond donors (Lipinski definition) is 8. The number of hydrogen-bond acceptors (Lipinski definition) is 10. The van der Waals surface area contributed by atoms with E-state index in [-0.39, 0.29) is 46.0 Å². The van der Waals surface area contributed by atoms with E-state index in [2.05, 4.69) is 295 Å². The monoisotopic (exact) mass is 1560 g/mol. The number of allylic oxidation sites excluding steroid dienone is 4. The predicted octanol–water partition coefficient (Wildman–Crippen LogP) is 16.0. The molecule has 6 aromatic carbocycles. The Bertz CT molecular complexity index is 5060. The third-order valence-electron chi connectivity index (χ3n) is 25.1. The largest absolute Gasteiger partial charge is 0.493 e. The Labute approximate surface area is 676 Å². The van der Waals surface area contributed by atoms with Crippen molar-refractivity contribution >= 4 is 105 Å². The second kappa shape index (κ2) is 32.9. The maximum Gasteiger partial charge on any atom is 0.346 e. The molecule has 0 amide bonds. The molecule has 0 fully saturated rings. The van der Waals surface area contributed by atoms with Gasteiger partial charge in [-0.25, -0.2) is 20.0 Å². The van der Waals surface area contributed by atoms with Crippen molar-refractivity contribution in [2.45, 2.75) is 183 Å². The summed E-state index contributed by atoms with van der Waals surface area (Å²) in [5.41, 5.74) is 21.0. The molecule has 590 valence electrons. The van der Waals surface area contributed by atoms with E-state index in [1.807, 2.05) is 24.3 Å². The molecule has 8 bridgehead atoms. The van der Waals surface area contributed by atoms with Crippen LogP contribution in [0.5, 0.6) is 0 Å². The lowest BCUT2D eigenvalue weighted by Gasteiger charge is -2.44. The van der Waals surface area contributed by atoms with Crippen LogP contribution in [-0.2, 0) is 21.7 Å². The molecule has 0 aliphatic carbocycles. The van der Waals surface area contributed by atoms with Gasteiger partial charge in [0, 0.05) is 59.0 Å². The molecule has 16 nitrogen and oxygen atoms in total. The third kappa shape index (κ3) is 14.8. The van der Waals surface area contributed by atoms with E-state index in [1.165, 1.54) is 31.9 Å². The highest BCUT2D eigenvalue weighted by Crippen LogP contribution is 2.46. The van der Waals surface area contributed by atoms with Crippen LogP contribution in [0.15, 0.2) is 192 Å². The molecule has 8 N–H and O–H groups in total. The number of aromatic nitrogens is 4. The Morgan fingerprint density at radius 3 is 1.08 bits per heavy atom. The first-order valence-corrected chi connectivity index (χ1v) is 45.6. The first kappa shape index (κ1) is 79.0. The normalized spacial score (nSPS) is 18.5. The molecule has 0 saturated heterocycles. The summed E-state index contributed by atoms with van der Waals surface area (Å²) in [4.78, 5) is 29.9. The van der Waals surface area contributed by atoms with Gasteiger partial charge in [-0.15, -0.1) is 0 Å². The van der Waals surface area contributed by atoms with Gasteiger partial charge in [0.15, 0.2) is 0 Å². The Balaban J connectivity index is 0.751. The fraction of sp³-hybridized carbons (Fsp3) is 0.375. The van der Waals surface area contributed by atoms with Crippen molar-refractivity contribution in [3.63, 3.8) is 0 Å². The highest BCUT2D eigenvalue weighted by Gasteiger charge is 2.53. The Morgan fingerprint density at radius 1 is 0.439 bits per heavy atom. The van der Waals surface area contributed by atoms with Gasteiger partial charge in [-0.05, 0) is 164 Å². The molecule has 9 heterocycles. The third-order valence-corrected chi connectivity index (χ3v) is 35.1. The minimum Gasteiger partial charge on any atom is -0.493 e. The number of aliphatic hydroxyl groups excluding tert-OH is 2.